The molecule has 2 aromatic carbocycles. The lowest BCUT2D eigenvalue weighted by molar-refractivity contribution is -0.130. The number of amides is 2. The third-order valence-electron chi connectivity index (χ3n) is 4.41. The molecule has 3 rings (SSSR count). The van der Waals surface area contributed by atoms with E-state index < -0.39 is 27.9 Å². The van der Waals surface area contributed by atoms with Crippen molar-refractivity contribution in [2.45, 2.75) is 30.2 Å². The maximum Gasteiger partial charge on any atom is 0.267 e. The molecule has 1 aliphatic rings. The van der Waals surface area contributed by atoms with E-state index in [1.165, 1.54) is 18.2 Å². The van der Waals surface area contributed by atoms with E-state index in [9.17, 15) is 22.4 Å². The average molecular weight is 390 g/mol. The lowest BCUT2D eigenvalue weighted by Crippen LogP contribution is -2.47. The highest BCUT2D eigenvalue weighted by Crippen LogP contribution is 2.27. The Hall–Kier alpha value is -2.74. The molecule has 1 heterocycles. The Balaban J connectivity index is 1.70. The van der Waals surface area contributed by atoms with Crippen molar-refractivity contribution in [2.24, 2.45) is 0 Å². The van der Waals surface area contributed by atoms with Crippen LogP contribution in [0.3, 0.4) is 0 Å². The first-order valence-corrected chi connectivity index (χ1v) is 9.98. The van der Waals surface area contributed by atoms with Gasteiger partial charge < -0.3 is 5.32 Å². The molecule has 0 aromatic heterocycles. The van der Waals surface area contributed by atoms with Crippen LogP contribution in [0.2, 0.25) is 0 Å². The Morgan fingerprint density at radius 3 is 2.48 bits per heavy atom. The number of benzene rings is 2. The minimum atomic E-state index is -4.10. The van der Waals surface area contributed by atoms with Crippen LogP contribution >= 0.6 is 0 Å². The molecule has 1 saturated heterocycles. The summed E-state index contributed by atoms with van der Waals surface area (Å²) in [5.74, 6) is -1.53. The van der Waals surface area contributed by atoms with Crippen molar-refractivity contribution < 1.29 is 22.4 Å². The summed E-state index contributed by atoms with van der Waals surface area (Å²) < 4.78 is 39.8. The quantitative estimate of drug-likeness (QED) is 0.816. The predicted octanol–water partition coefficient (Wildman–Crippen LogP) is 1.86. The summed E-state index contributed by atoms with van der Waals surface area (Å²) in [7, 11) is -4.10. The maximum atomic E-state index is 13.6. The normalized spacial score (nSPS) is 17.1. The van der Waals surface area contributed by atoms with Gasteiger partial charge in [-0.15, -0.1) is 0 Å². The summed E-state index contributed by atoms with van der Waals surface area (Å²) in [6.45, 7) is 0.143. The second-order valence-corrected chi connectivity index (χ2v) is 8.01. The van der Waals surface area contributed by atoms with Crippen LogP contribution in [-0.4, -0.2) is 37.1 Å². The second-order valence-electron chi connectivity index (χ2n) is 6.19. The summed E-state index contributed by atoms with van der Waals surface area (Å²) >= 11 is 0. The van der Waals surface area contributed by atoms with Gasteiger partial charge in [0.2, 0.25) is 11.8 Å². The van der Waals surface area contributed by atoms with Crippen LogP contribution in [-0.2, 0) is 26.0 Å². The largest absolute Gasteiger partial charge is 0.354 e. The summed E-state index contributed by atoms with van der Waals surface area (Å²) in [5, 5.41) is 2.61. The van der Waals surface area contributed by atoms with Gasteiger partial charge in [0.05, 0.1) is 4.90 Å². The highest BCUT2D eigenvalue weighted by Gasteiger charge is 2.44. The van der Waals surface area contributed by atoms with Crippen molar-refractivity contribution in [1.29, 1.82) is 0 Å². The molecule has 0 radical (unpaired) electrons. The van der Waals surface area contributed by atoms with Crippen molar-refractivity contribution in [3.63, 3.8) is 0 Å². The molecule has 2 amide bonds. The zero-order chi connectivity index (χ0) is 19.4. The summed E-state index contributed by atoms with van der Waals surface area (Å²) in [6, 6.07) is 12.7. The second kappa shape index (κ2) is 7.87. The molecule has 1 unspecified atom stereocenters. The molecule has 0 spiro atoms. The molecule has 0 bridgehead atoms. The average Bonchev–Trinajstić information content (AvgIpc) is 3.06. The van der Waals surface area contributed by atoms with Crippen LogP contribution in [0.15, 0.2) is 59.5 Å². The summed E-state index contributed by atoms with van der Waals surface area (Å²) in [6.07, 6.45) is 0.373. The molecule has 1 fully saturated rings. The number of rotatable bonds is 6. The fourth-order valence-corrected chi connectivity index (χ4v) is 4.67. The van der Waals surface area contributed by atoms with Crippen molar-refractivity contribution in [2.75, 3.05) is 6.54 Å². The molecule has 1 atom stereocenters. The topological polar surface area (TPSA) is 83.6 Å². The van der Waals surface area contributed by atoms with Crippen LogP contribution in [0.4, 0.5) is 4.39 Å². The predicted molar refractivity (Wildman–Crippen MR) is 96.6 cm³/mol. The standard InChI is InChI=1S/C19H19FN2O4S/c20-16-9-5-4-6-14(16)12-13-21-19(24)17-10-11-18(23)22(17)27(25,26)15-7-2-1-3-8-15/h1-9,17H,10-13H2,(H,21,24). The number of halogens is 1. The van der Waals surface area contributed by atoms with E-state index in [-0.39, 0.29) is 36.5 Å². The minimum absolute atomic E-state index is 0.0164. The van der Waals surface area contributed by atoms with Gasteiger partial charge in [0, 0.05) is 13.0 Å². The van der Waals surface area contributed by atoms with Gasteiger partial charge in [0.15, 0.2) is 0 Å². The number of hydrogen-bond acceptors (Lipinski definition) is 4. The van der Waals surface area contributed by atoms with E-state index >= 15 is 0 Å². The van der Waals surface area contributed by atoms with E-state index in [0.717, 1.165) is 0 Å². The zero-order valence-electron chi connectivity index (χ0n) is 14.5. The van der Waals surface area contributed by atoms with Crippen molar-refractivity contribution >= 4 is 21.8 Å². The Bertz CT molecular complexity index is 947. The van der Waals surface area contributed by atoms with Gasteiger partial charge >= 0.3 is 0 Å². The van der Waals surface area contributed by atoms with Gasteiger partial charge in [-0.05, 0) is 36.6 Å². The molecule has 0 aliphatic carbocycles. The van der Waals surface area contributed by atoms with Gasteiger partial charge in [-0.1, -0.05) is 36.4 Å². The molecule has 1 aliphatic heterocycles. The monoisotopic (exact) mass is 390 g/mol. The molecule has 8 heteroatoms. The summed E-state index contributed by atoms with van der Waals surface area (Å²) in [5.41, 5.74) is 0.453. The third-order valence-corrected chi connectivity index (χ3v) is 6.26. The number of carbonyl (C=O) groups excluding carboxylic acids is 2. The lowest BCUT2D eigenvalue weighted by atomic mass is 10.1. The number of nitrogens with zero attached hydrogens (tertiary/aromatic N) is 1. The van der Waals surface area contributed by atoms with Gasteiger partial charge in [0.25, 0.3) is 10.0 Å². The zero-order valence-corrected chi connectivity index (χ0v) is 15.3. The summed E-state index contributed by atoms with van der Waals surface area (Å²) in [4.78, 5) is 24.6. The van der Waals surface area contributed by atoms with Crippen molar-refractivity contribution in [3.05, 3.63) is 66.0 Å². The Kier molecular flexibility index (Phi) is 5.55. The molecular formula is C19H19FN2O4S. The molecular weight excluding hydrogens is 371 g/mol. The fraction of sp³-hybridized carbons (Fsp3) is 0.263. The highest BCUT2D eigenvalue weighted by molar-refractivity contribution is 7.89. The van der Waals surface area contributed by atoms with Crippen molar-refractivity contribution in [3.8, 4) is 0 Å². The van der Waals surface area contributed by atoms with Crippen LogP contribution in [0.5, 0.6) is 0 Å². The third kappa shape index (κ3) is 4.00. The van der Waals surface area contributed by atoms with E-state index in [1.807, 2.05) is 0 Å². The van der Waals surface area contributed by atoms with E-state index in [1.54, 1.807) is 36.4 Å². The Morgan fingerprint density at radius 2 is 1.78 bits per heavy atom. The van der Waals surface area contributed by atoms with Crippen LogP contribution < -0.4 is 5.32 Å². The first kappa shape index (κ1) is 19.0. The number of hydrogen-bond donors (Lipinski definition) is 1. The number of carbonyl (C=O) groups is 2. The van der Waals surface area contributed by atoms with Crippen LogP contribution in [0, 0.1) is 5.82 Å². The fourth-order valence-electron chi connectivity index (χ4n) is 3.05. The van der Waals surface area contributed by atoms with E-state index in [0.29, 0.717) is 9.87 Å². The molecule has 6 nitrogen and oxygen atoms in total. The Morgan fingerprint density at radius 1 is 1.11 bits per heavy atom. The van der Waals surface area contributed by atoms with Gasteiger partial charge in [-0.3, -0.25) is 9.59 Å². The van der Waals surface area contributed by atoms with Gasteiger partial charge in [0.1, 0.15) is 11.9 Å². The molecule has 27 heavy (non-hydrogen) atoms. The molecule has 1 N–H and O–H groups in total. The smallest absolute Gasteiger partial charge is 0.267 e. The van der Waals surface area contributed by atoms with Gasteiger partial charge in [-0.2, -0.15) is 0 Å². The SMILES string of the molecule is O=C(NCCc1ccccc1F)C1CCC(=O)N1S(=O)(=O)c1ccccc1. The number of sulfonamides is 1. The Labute approximate surface area is 157 Å². The maximum absolute atomic E-state index is 13.6. The van der Waals surface area contributed by atoms with Crippen LogP contribution in [0.1, 0.15) is 18.4 Å². The van der Waals surface area contributed by atoms with E-state index in [2.05, 4.69) is 5.32 Å². The minimum Gasteiger partial charge on any atom is -0.354 e. The first-order valence-electron chi connectivity index (χ1n) is 8.54. The number of nitrogens with one attached hydrogen (secondary N) is 1. The molecule has 2 aromatic rings. The van der Waals surface area contributed by atoms with E-state index in [4.69, 9.17) is 0 Å². The molecule has 142 valence electrons. The van der Waals surface area contributed by atoms with Crippen molar-refractivity contribution in [1.82, 2.24) is 9.62 Å². The molecule has 0 saturated carbocycles. The van der Waals surface area contributed by atoms with Gasteiger partial charge in [-0.25, -0.2) is 17.1 Å². The highest BCUT2D eigenvalue weighted by atomic mass is 32.2. The lowest BCUT2D eigenvalue weighted by Gasteiger charge is -2.23. The van der Waals surface area contributed by atoms with Crippen LogP contribution in [0.25, 0.3) is 0 Å². The first-order chi connectivity index (χ1) is 12.9.